The summed E-state index contributed by atoms with van der Waals surface area (Å²) in [5, 5.41) is 0. The molecule has 0 aliphatic rings. The van der Waals surface area contributed by atoms with Crippen molar-refractivity contribution in [1.82, 2.24) is 0 Å². The van der Waals surface area contributed by atoms with Crippen molar-refractivity contribution in [1.29, 1.82) is 0 Å². The topological polar surface area (TPSA) is 78.6 Å². The van der Waals surface area contributed by atoms with Crippen LogP contribution in [0.5, 0.6) is 11.5 Å². The summed E-state index contributed by atoms with van der Waals surface area (Å²) in [7, 11) is -1.57. The Morgan fingerprint density at radius 3 is 2.42 bits per heavy atom. The summed E-state index contributed by atoms with van der Waals surface area (Å²) < 4.78 is 34.0. The number of hydrogen-bond acceptors (Lipinski definition) is 5. The van der Waals surface area contributed by atoms with Gasteiger partial charge in [0, 0.05) is 6.04 Å². The van der Waals surface area contributed by atoms with Crippen LogP contribution in [0.25, 0.3) is 0 Å². The van der Waals surface area contributed by atoms with E-state index in [1.165, 1.54) is 0 Å². The second-order valence-electron chi connectivity index (χ2n) is 4.42. The van der Waals surface area contributed by atoms with Gasteiger partial charge < -0.3 is 15.2 Å². The summed E-state index contributed by atoms with van der Waals surface area (Å²) >= 11 is 0. The second-order valence-corrected chi connectivity index (χ2v) is 6.72. The zero-order valence-electron chi connectivity index (χ0n) is 11.3. The van der Waals surface area contributed by atoms with Crippen LogP contribution in [0.15, 0.2) is 24.3 Å². The summed E-state index contributed by atoms with van der Waals surface area (Å²) in [6.45, 7) is 1.91. The molecule has 0 radical (unpaired) electrons. The number of hydrogen-bond donors (Lipinski definition) is 1. The highest BCUT2D eigenvalue weighted by atomic mass is 32.2. The maximum Gasteiger partial charge on any atom is 0.161 e. The van der Waals surface area contributed by atoms with E-state index in [2.05, 4.69) is 0 Å². The van der Waals surface area contributed by atoms with Crippen LogP contribution in [0.1, 0.15) is 13.3 Å². The van der Waals surface area contributed by atoms with Gasteiger partial charge in [-0.05, 0) is 25.5 Å². The van der Waals surface area contributed by atoms with Gasteiger partial charge in [-0.2, -0.15) is 0 Å². The summed E-state index contributed by atoms with van der Waals surface area (Å²) in [6, 6.07) is 7.03. The summed E-state index contributed by atoms with van der Waals surface area (Å²) in [5.41, 5.74) is 5.54. The van der Waals surface area contributed by atoms with Gasteiger partial charge in [0.2, 0.25) is 0 Å². The van der Waals surface area contributed by atoms with E-state index in [-0.39, 0.29) is 24.2 Å². The molecular formula is C13H21NO4S. The highest BCUT2D eigenvalue weighted by molar-refractivity contribution is 7.91. The first-order chi connectivity index (χ1) is 8.94. The average molecular weight is 287 g/mol. The third-order valence-corrected chi connectivity index (χ3v) is 4.25. The smallest absolute Gasteiger partial charge is 0.161 e. The van der Waals surface area contributed by atoms with Crippen LogP contribution in [0.3, 0.4) is 0 Å². The molecule has 0 amide bonds. The summed E-state index contributed by atoms with van der Waals surface area (Å²) in [5.74, 6) is 1.22. The van der Waals surface area contributed by atoms with Crippen molar-refractivity contribution in [3.05, 3.63) is 24.3 Å². The Morgan fingerprint density at radius 2 is 1.84 bits per heavy atom. The van der Waals surface area contributed by atoms with Crippen molar-refractivity contribution in [3.63, 3.8) is 0 Å². The maximum atomic E-state index is 11.7. The van der Waals surface area contributed by atoms with Gasteiger partial charge in [-0.25, -0.2) is 8.42 Å². The van der Waals surface area contributed by atoms with Crippen molar-refractivity contribution in [2.75, 3.05) is 25.2 Å². The standard InChI is InChI=1S/C13H21NO4S/c1-11(14)7-9-19(15,16)10-8-18-13-6-4-3-5-12(13)17-2/h3-6,11H,7-10,14H2,1-2H3. The molecule has 0 aliphatic heterocycles. The first-order valence-corrected chi connectivity index (χ1v) is 7.98. The number of nitrogens with two attached hydrogens (primary N) is 1. The van der Waals surface area contributed by atoms with Gasteiger partial charge in [-0.3, -0.25) is 0 Å². The van der Waals surface area contributed by atoms with Gasteiger partial charge in [0.25, 0.3) is 0 Å². The molecule has 1 aromatic rings. The molecule has 0 spiro atoms. The van der Waals surface area contributed by atoms with Crippen LogP contribution in [-0.4, -0.2) is 39.7 Å². The molecule has 5 nitrogen and oxygen atoms in total. The third-order valence-electron chi connectivity index (χ3n) is 2.61. The molecule has 1 unspecified atom stereocenters. The van der Waals surface area contributed by atoms with E-state index in [0.717, 1.165) is 0 Å². The molecule has 0 fully saturated rings. The zero-order chi connectivity index (χ0) is 14.3. The lowest BCUT2D eigenvalue weighted by Gasteiger charge is -2.11. The molecule has 0 saturated carbocycles. The number of rotatable bonds is 8. The van der Waals surface area contributed by atoms with Crippen molar-refractivity contribution >= 4 is 9.84 Å². The third kappa shape index (κ3) is 5.94. The minimum atomic E-state index is -3.11. The molecule has 0 aliphatic carbocycles. The molecule has 0 aromatic heterocycles. The van der Waals surface area contributed by atoms with Gasteiger partial charge in [0.1, 0.15) is 6.61 Å². The lowest BCUT2D eigenvalue weighted by molar-refractivity contribution is 0.311. The number of methoxy groups -OCH3 is 1. The largest absolute Gasteiger partial charge is 0.493 e. The van der Waals surface area contributed by atoms with Crippen LogP contribution in [0, 0.1) is 0 Å². The van der Waals surface area contributed by atoms with E-state index < -0.39 is 9.84 Å². The van der Waals surface area contributed by atoms with Crippen molar-refractivity contribution in [3.8, 4) is 11.5 Å². The molecule has 0 saturated heterocycles. The fourth-order valence-corrected chi connectivity index (χ4v) is 2.76. The average Bonchev–Trinajstić information content (AvgIpc) is 2.37. The summed E-state index contributed by atoms with van der Waals surface area (Å²) in [6.07, 6.45) is 0.469. The van der Waals surface area contributed by atoms with Crippen LogP contribution in [-0.2, 0) is 9.84 Å². The van der Waals surface area contributed by atoms with Gasteiger partial charge >= 0.3 is 0 Å². The Balaban J connectivity index is 2.45. The van der Waals surface area contributed by atoms with Crippen molar-refractivity contribution in [2.45, 2.75) is 19.4 Å². The highest BCUT2D eigenvalue weighted by Gasteiger charge is 2.12. The van der Waals surface area contributed by atoms with Crippen molar-refractivity contribution in [2.24, 2.45) is 5.73 Å². The van der Waals surface area contributed by atoms with Gasteiger partial charge in [0.05, 0.1) is 18.6 Å². The van der Waals surface area contributed by atoms with E-state index in [0.29, 0.717) is 17.9 Å². The Bertz CT molecular complexity index is 485. The van der Waals surface area contributed by atoms with Crippen LogP contribution in [0.2, 0.25) is 0 Å². The number of ether oxygens (including phenoxy) is 2. The molecule has 1 aromatic carbocycles. The summed E-state index contributed by atoms with van der Waals surface area (Å²) in [4.78, 5) is 0. The number of para-hydroxylation sites is 2. The van der Waals surface area contributed by atoms with Crippen molar-refractivity contribution < 1.29 is 17.9 Å². The first kappa shape index (κ1) is 15.8. The molecular weight excluding hydrogens is 266 g/mol. The van der Waals surface area contributed by atoms with E-state index >= 15 is 0 Å². The maximum absolute atomic E-state index is 11.7. The molecule has 19 heavy (non-hydrogen) atoms. The predicted molar refractivity (Wildman–Crippen MR) is 75.4 cm³/mol. The second kappa shape index (κ2) is 7.35. The fraction of sp³-hybridized carbons (Fsp3) is 0.538. The Hall–Kier alpha value is -1.27. The molecule has 0 heterocycles. The lowest BCUT2D eigenvalue weighted by Crippen LogP contribution is -2.23. The quantitative estimate of drug-likeness (QED) is 0.778. The monoisotopic (exact) mass is 287 g/mol. The van der Waals surface area contributed by atoms with E-state index in [1.54, 1.807) is 26.2 Å². The van der Waals surface area contributed by atoms with Crippen LogP contribution in [0.4, 0.5) is 0 Å². The molecule has 6 heteroatoms. The van der Waals surface area contributed by atoms with Crippen LogP contribution < -0.4 is 15.2 Å². The molecule has 0 bridgehead atoms. The molecule has 108 valence electrons. The highest BCUT2D eigenvalue weighted by Crippen LogP contribution is 2.25. The van der Waals surface area contributed by atoms with Gasteiger partial charge in [-0.1, -0.05) is 12.1 Å². The number of benzene rings is 1. The van der Waals surface area contributed by atoms with E-state index in [1.807, 2.05) is 12.1 Å². The van der Waals surface area contributed by atoms with E-state index in [4.69, 9.17) is 15.2 Å². The Kier molecular flexibility index (Phi) is 6.11. The van der Waals surface area contributed by atoms with E-state index in [9.17, 15) is 8.42 Å². The Morgan fingerprint density at radius 1 is 1.21 bits per heavy atom. The molecule has 2 N–H and O–H groups in total. The minimum absolute atomic E-state index is 0.0161. The first-order valence-electron chi connectivity index (χ1n) is 6.16. The zero-order valence-corrected chi connectivity index (χ0v) is 12.2. The SMILES string of the molecule is COc1ccccc1OCCS(=O)(=O)CCC(C)N. The predicted octanol–water partition coefficient (Wildman–Crippen LogP) is 1.23. The lowest BCUT2D eigenvalue weighted by atomic mass is 10.3. The Labute approximate surface area is 114 Å². The molecule has 1 atom stereocenters. The fourth-order valence-electron chi connectivity index (χ4n) is 1.48. The van der Waals surface area contributed by atoms with Crippen LogP contribution >= 0.6 is 0 Å². The molecule has 1 rings (SSSR count). The normalized spacial score (nSPS) is 13.0. The minimum Gasteiger partial charge on any atom is -0.493 e. The van der Waals surface area contributed by atoms with Gasteiger partial charge in [-0.15, -0.1) is 0 Å². The van der Waals surface area contributed by atoms with Gasteiger partial charge in [0.15, 0.2) is 21.3 Å². The number of sulfone groups is 1.